The smallest absolute Gasteiger partial charge is 0.414 e. The fourth-order valence-electron chi connectivity index (χ4n) is 2.48. The Labute approximate surface area is 142 Å². The van der Waals surface area contributed by atoms with Crippen LogP contribution in [0.2, 0.25) is 0 Å². The first-order chi connectivity index (χ1) is 12.0. The van der Waals surface area contributed by atoms with Crippen LogP contribution in [0.25, 0.3) is 5.69 Å². The van der Waals surface area contributed by atoms with Crippen molar-refractivity contribution in [3.8, 4) is 5.69 Å². The number of nitrogens with zero attached hydrogens (tertiary/aromatic N) is 3. The number of benzene rings is 1. The first-order valence-corrected chi connectivity index (χ1v) is 7.50. The molecule has 0 saturated carbocycles. The third-order valence-corrected chi connectivity index (χ3v) is 3.68. The SMILES string of the molecule is CC(=O)NCC1CN(c2ccc(-n3cc(C=O)cn3)c(F)c2)C(=O)O1. The fourth-order valence-corrected chi connectivity index (χ4v) is 2.48. The highest BCUT2D eigenvalue weighted by Gasteiger charge is 2.32. The van der Waals surface area contributed by atoms with Gasteiger partial charge in [0, 0.05) is 13.1 Å². The van der Waals surface area contributed by atoms with E-state index in [1.165, 1.54) is 41.0 Å². The van der Waals surface area contributed by atoms with E-state index in [2.05, 4.69) is 10.4 Å². The lowest BCUT2D eigenvalue weighted by Gasteiger charge is -2.14. The molecular weight excluding hydrogens is 331 g/mol. The second-order valence-corrected chi connectivity index (χ2v) is 5.53. The molecule has 0 spiro atoms. The number of amides is 2. The van der Waals surface area contributed by atoms with Crippen molar-refractivity contribution < 1.29 is 23.5 Å². The van der Waals surface area contributed by atoms with E-state index >= 15 is 0 Å². The van der Waals surface area contributed by atoms with Gasteiger partial charge in [-0.05, 0) is 18.2 Å². The molecule has 130 valence electrons. The van der Waals surface area contributed by atoms with Crippen LogP contribution in [0, 0.1) is 5.82 Å². The van der Waals surface area contributed by atoms with Gasteiger partial charge in [0.15, 0.2) is 12.1 Å². The summed E-state index contributed by atoms with van der Waals surface area (Å²) in [6, 6.07) is 4.21. The van der Waals surface area contributed by atoms with Crippen molar-refractivity contribution in [3.05, 3.63) is 42.0 Å². The topological polar surface area (TPSA) is 93.5 Å². The molecule has 1 N–H and O–H groups in total. The molecule has 2 amide bonds. The van der Waals surface area contributed by atoms with Crippen LogP contribution in [0.1, 0.15) is 17.3 Å². The number of hydrogen-bond acceptors (Lipinski definition) is 5. The highest BCUT2D eigenvalue weighted by atomic mass is 19.1. The molecule has 1 aromatic carbocycles. The zero-order valence-corrected chi connectivity index (χ0v) is 13.3. The standard InChI is InChI=1S/C16H15FN4O4/c1-10(23)18-6-13-8-20(16(24)25-13)12-2-3-15(14(17)4-12)21-7-11(9-22)5-19-21/h2-5,7,9,13H,6,8H2,1H3,(H,18,23). The highest BCUT2D eigenvalue weighted by molar-refractivity contribution is 5.90. The van der Waals surface area contributed by atoms with E-state index in [0.717, 1.165) is 0 Å². The van der Waals surface area contributed by atoms with Crippen molar-refractivity contribution in [1.82, 2.24) is 15.1 Å². The van der Waals surface area contributed by atoms with E-state index in [-0.39, 0.29) is 24.7 Å². The molecule has 25 heavy (non-hydrogen) atoms. The molecule has 9 heteroatoms. The Bertz CT molecular complexity index is 835. The number of carbonyl (C=O) groups excluding carboxylic acids is 3. The number of anilines is 1. The van der Waals surface area contributed by atoms with Gasteiger partial charge in [0.2, 0.25) is 5.91 Å². The third-order valence-electron chi connectivity index (χ3n) is 3.68. The Kier molecular flexibility index (Phi) is 4.46. The van der Waals surface area contributed by atoms with Gasteiger partial charge in [-0.3, -0.25) is 14.5 Å². The second-order valence-electron chi connectivity index (χ2n) is 5.53. The molecule has 0 aliphatic carbocycles. The van der Waals surface area contributed by atoms with Crippen LogP contribution in [-0.4, -0.2) is 47.3 Å². The van der Waals surface area contributed by atoms with Crippen LogP contribution in [0.15, 0.2) is 30.6 Å². The molecule has 0 radical (unpaired) electrons. The van der Waals surface area contributed by atoms with Crippen LogP contribution in [0.3, 0.4) is 0 Å². The van der Waals surface area contributed by atoms with Crippen molar-refractivity contribution >= 4 is 24.0 Å². The average Bonchev–Trinajstić information content (AvgIpc) is 3.19. The summed E-state index contributed by atoms with van der Waals surface area (Å²) in [4.78, 5) is 34.9. The molecule has 1 saturated heterocycles. The summed E-state index contributed by atoms with van der Waals surface area (Å²) in [7, 11) is 0. The second kappa shape index (κ2) is 6.71. The summed E-state index contributed by atoms with van der Waals surface area (Å²) in [5, 5.41) is 6.49. The van der Waals surface area contributed by atoms with Gasteiger partial charge in [0.25, 0.3) is 0 Å². The van der Waals surface area contributed by atoms with Gasteiger partial charge in [-0.1, -0.05) is 0 Å². The minimum absolute atomic E-state index is 0.152. The molecule has 1 aliphatic rings. The zero-order valence-electron chi connectivity index (χ0n) is 13.3. The summed E-state index contributed by atoms with van der Waals surface area (Å²) in [5.41, 5.74) is 0.811. The van der Waals surface area contributed by atoms with Crippen LogP contribution < -0.4 is 10.2 Å². The van der Waals surface area contributed by atoms with Gasteiger partial charge in [-0.15, -0.1) is 0 Å². The molecule has 1 fully saturated rings. The van der Waals surface area contributed by atoms with Gasteiger partial charge in [0.1, 0.15) is 11.8 Å². The Morgan fingerprint density at radius 1 is 1.52 bits per heavy atom. The molecule has 1 atom stereocenters. The van der Waals surface area contributed by atoms with E-state index in [4.69, 9.17) is 4.74 Å². The number of aromatic nitrogens is 2. The van der Waals surface area contributed by atoms with Crippen LogP contribution in [0.4, 0.5) is 14.9 Å². The highest BCUT2D eigenvalue weighted by Crippen LogP contribution is 2.25. The van der Waals surface area contributed by atoms with E-state index in [0.29, 0.717) is 17.5 Å². The van der Waals surface area contributed by atoms with Gasteiger partial charge >= 0.3 is 6.09 Å². The molecule has 8 nitrogen and oxygen atoms in total. The number of aldehydes is 1. The van der Waals surface area contributed by atoms with Gasteiger partial charge in [-0.25, -0.2) is 13.9 Å². The number of cyclic esters (lactones) is 1. The molecule has 2 aromatic rings. The number of halogens is 1. The van der Waals surface area contributed by atoms with Gasteiger partial charge < -0.3 is 10.1 Å². The Hall–Kier alpha value is -3.23. The lowest BCUT2D eigenvalue weighted by molar-refractivity contribution is -0.119. The molecule has 3 rings (SSSR count). The number of carbonyl (C=O) groups is 3. The third kappa shape index (κ3) is 3.49. The summed E-state index contributed by atoms with van der Waals surface area (Å²) in [5.74, 6) is -0.824. The normalized spacial score (nSPS) is 16.6. The summed E-state index contributed by atoms with van der Waals surface area (Å²) < 4.78 is 20.8. The Balaban J connectivity index is 1.77. The van der Waals surface area contributed by atoms with E-state index in [1.807, 2.05) is 0 Å². The number of nitrogens with one attached hydrogen (secondary N) is 1. The zero-order chi connectivity index (χ0) is 18.0. The first kappa shape index (κ1) is 16.6. The number of ether oxygens (including phenoxy) is 1. The van der Waals surface area contributed by atoms with Crippen molar-refractivity contribution in [2.45, 2.75) is 13.0 Å². The van der Waals surface area contributed by atoms with Crippen molar-refractivity contribution in [2.75, 3.05) is 18.0 Å². The van der Waals surface area contributed by atoms with Crippen LogP contribution >= 0.6 is 0 Å². The summed E-state index contributed by atoms with van der Waals surface area (Å²) >= 11 is 0. The number of hydrogen-bond donors (Lipinski definition) is 1. The molecule has 0 bridgehead atoms. The van der Waals surface area contributed by atoms with E-state index < -0.39 is 18.0 Å². The fraction of sp³-hybridized carbons (Fsp3) is 0.250. The minimum atomic E-state index is -0.607. The summed E-state index contributed by atoms with van der Waals surface area (Å²) in [6.45, 7) is 1.77. The Morgan fingerprint density at radius 3 is 2.96 bits per heavy atom. The molecule has 1 unspecified atom stereocenters. The average molecular weight is 346 g/mol. The molecule has 1 aromatic heterocycles. The van der Waals surface area contributed by atoms with E-state index in [9.17, 15) is 18.8 Å². The molecule has 1 aliphatic heterocycles. The van der Waals surface area contributed by atoms with Crippen molar-refractivity contribution in [2.24, 2.45) is 0 Å². The predicted molar refractivity (Wildman–Crippen MR) is 85.2 cm³/mol. The maximum atomic E-state index is 14.4. The predicted octanol–water partition coefficient (Wildman–Crippen LogP) is 1.29. The monoisotopic (exact) mass is 346 g/mol. The molecular formula is C16H15FN4O4. The lowest BCUT2D eigenvalue weighted by atomic mass is 10.2. The Morgan fingerprint density at radius 2 is 2.32 bits per heavy atom. The van der Waals surface area contributed by atoms with Crippen molar-refractivity contribution in [1.29, 1.82) is 0 Å². The maximum Gasteiger partial charge on any atom is 0.414 e. The quantitative estimate of drug-likeness (QED) is 0.824. The first-order valence-electron chi connectivity index (χ1n) is 7.50. The van der Waals surface area contributed by atoms with Gasteiger partial charge in [0.05, 0.1) is 30.5 Å². The lowest BCUT2D eigenvalue weighted by Crippen LogP contribution is -2.33. The number of rotatable bonds is 5. The minimum Gasteiger partial charge on any atom is -0.442 e. The maximum absolute atomic E-state index is 14.4. The van der Waals surface area contributed by atoms with Crippen LogP contribution in [0.5, 0.6) is 0 Å². The van der Waals surface area contributed by atoms with Crippen molar-refractivity contribution in [3.63, 3.8) is 0 Å². The van der Waals surface area contributed by atoms with E-state index in [1.54, 1.807) is 6.07 Å². The summed E-state index contributed by atoms with van der Waals surface area (Å²) in [6.07, 6.45) is 2.24. The largest absolute Gasteiger partial charge is 0.442 e. The molecule has 2 heterocycles. The van der Waals surface area contributed by atoms with Crippen LogP contribution in [-0.2, 0) is 9.53 Å². The van der Waals surface area contributed by atoms with Gasteiger partial charge in [-0.2, -0.15) is 5.10 Å².